The van der Waals surface area contributed by atoms with E-state index in [4.69, 9.17) is 5.73 Å². The van der Waals surface area contributed by atoms with Crippen molar-refractivity contribution in [2.45, 2.75) is 18.9 Å². The lowest BCUT2D eigenvalue weighted by molar-refractivity contribution is -0.145. The highest BCUT2D eigenvalue weighted by molar-refractivity contribution is 9.09. The number of carbonyl (C=O) groups excluding carboxylic acids is 2. The summed E-state index contributed by atoms with van der Waals surface area (Å²) in [6, 6.07) is -0.350. The Morgan fingerprint density at radius 3 is 2.58 bits per heavy atom. The highest BCUT2D eigenvalue weighted by atomic mass is 79.9. The topological polar surface area (TPSA) is 63.4 Å². The molecule has 0 bridgehead atoms. The fourth-order valence-corrected chi connectivity index (χ4v) is 1.55. The number of rotatable bonds is 3. The summed E-state index contributed by atoms with van der Waals surface area (Å²) in [6.07, 6.45) is 1.15. The van der Waals surface area contributed by atoms with Crippen molar-refractivity contribution in [3.63, 3.8) is 0 Å². The summed E-state index contributed by atoms with van der Waals surface area (Å²) in [5, 5.41) is 0.633. The summed E-state index contributed by atoms with van der Waals surface area (Å²) in [4.78, 5) is 23.5. The molecule has 1 aliphatic rings. The lowest BCUT2D eigenvalue weighted by atomic mass is 10.0. The molecule has 0 aliphatic carbocycles. The van der Waals surface area contributed by atoms with E-state index >= 15 is 0 Å². The molecule has 1 fully saturated rings. The van der Waals surface area contributed by atoms with Gasteiger partial charge in [0.2, 0.25) is 11.8 Å². The van der Waals surface area contributed by atoms with Gasteiger partial charge in [-0.25, -0.2) is 0 Å². The van der Waals surface area contributed by atoms with E-state index in [-0.39, 0.29) is 11.9 Å². The second-order valence-corrected chi connectivity index (χ2v) is 3.53. The molecule has 0 radical (unpaired) electrons. The van der Waals surface area contributed by atoms with Gasteiger partial charge in [0.15, 0.2) is 0 Å². The lowest BCUT2D eigenvalue weighted by Crippen LogP contribution is -2.57. The number of primary amides is 1. The average molecular weight is 235 g/mol. The summed E-state index contributed by atoms with van der Waals surface area (Å²) in [5.74, 6) is -0.397. The van der Waals surface area contributed by atoms with Crippen LogP contribution in [0.2, 0.25) is 0 Å². The van der Waals surface area contributed by atoms with E-state index < -0.39 is 5.91 Å². The zero-order valence-electron chi connectivity index (χ0n) is 6.62. The molecule has 1 atom stereocenters. The molecular formula is C7H11BrN2O2. The van der Waals surface area contributed by atoms with Crippen LogP contribution in [-0.2, 0) is 9.59 Å². The number of amides is 2. The summed E-state index contributed by atoms with van der Waals surface area (Å²) < 4.78 is 0. The monoisotopic (exact) mass is 234 g/mol. The van der Waals surface area contributed by atoms with Crippen LogP contribution in [0.15, 0.2) is 0 Å². The van der Waals surface area contributed by atoms with E-state index in [2.05, 4.69) is 15.9 Å². The lowest BCUT2D eigenvalue weighted by Gasteiger charge is -2.38. The Labute approximate surface area is 79.2 Å². The number of nitrogens with two attached hydrogens (primary N) is 1. The van der Waals surface area contributed by atoms with Crippen molar-refractivity contribution in [1.29, 1.82) is 0 Å². The number of hydrogen-bond donors (Lipinski definition) is 1. The summed E-state index contributed by atoms with van der Waals surface area (Å²) in [7, 11) is 0. The fraction of sp³-hybridized carbons (Fsp3) is 0.714. The largest absolute Gasteiger partial charge is 0.368 e. The highest BCUT2D eigenvalue weighted by Crippen LogP contribution is 2.17. The maximum Gasteiger partial charge on any atom is 0.240 e. The molecule has 5 heteroatoms. The predicted octanol–water partition coefficient (Wildman–Crippen LogP) is -0.142. The molecule has 0 spiro atoms. The maximum absolute atomic E-state index is 11.2. The van der Waals surface area contributed by atoms with Gasteiger partial charge < -0.3 is 10.6 Å². The van der Waals surface area contributed by atoms with Crippen molar-refractivity contribution in [1.82, 2.24) is 4.90 Å². The maximum atomic E-state index is 11.2. The summed E-state index contributed by atoms with van der Waals surface area (Å²) in [6.45, 7) is 0.666. The molecule has 1 heterocycles. The standard InChI is InChI=1S/C7H11BrN2O2/c8-3-1-6(11)10-4-2-5(10)7(9)12/h5H,1-4H2,(H2,9,12). The predicted molar refractivity (Wildman–Crippen MR) is 47.7 cm³/mol. The quantitative estimate of drug-likeness (QED) is 0.692. The van der Waals surface area contributed by atoms with Gasteiger partial charge in [-0.1, -0.05) is 15.9 Å². The molecule has 4 nitrogen and oxygen atoms in total. The van der Waals surface area contributed by atoms with Crippen molar-refractivity contribution in [3.8, 4) is 0 Å². The van der Waals surface area contributed by atoms with Crippen LogP contribution in [-0.4, -0.2) is 34.6 Å². The number of carbonyl (C=O) groups is 2. The van der Waals surface area contributed by atoms with E-state index in [1.165, 1.54) is 4.90 Å². The van der Waals surface area contributed by atoms with Gasteiger partial charge in [0, 0.05) is 18.3 Å². The Bertz CT molecular complexity index is 208. The number of halogens is 1. The Kier molecular flexibility index (Phi) is 3.08. The van der Waals surface area contributed by atoms with E-state index in [9.17, 15) is 9.59 Å². The SMILES string of the molecule is NC(=O)C1CCN1C(=O)CCBr. The Balaban J connectivity index is 2.43. The number of nitrogens with zero attached hydrogens (tertiary/aromatic N) is 1. The smallest absolute Gasteiger partial charge is 0.240 e. The Hall–Kier alpha value is -0.580. The number of hydrogen-bond acceptors (Lipinski definition) is 2. The first-order valence-electron chi connectivity index (χ1n) is 3.81. The average Bonchev–Trinajstić information content (AvgIpc) is 1.82. The van der Waals surface area contributed by atoms with E-state index in [1.54, 1.807) is 0 Å². The molecule has 1 unspecified atom stereocenters. The molecule has 0 aromatic heterocycles. The van der Waals surface area contributed by atoms with Gasteiger partial charge in [0.05, 0.1) is 0 Å². The first-order chi connectivity index (χ1) is 5.66. The first kappa shape index (κ1) is 9.51. The van der Waals surface area contributed by atoms with E-state index in [1.807, 2.05) is 0 Å². The van der Waals surface area contributed by atoms with Gasteiger partial charge in [-0.3, -0.25) is 9.59 Å². The van der Waals surface area contributed by atoms with Crippen LogP contribution in [0.1, 0.15) is 12.8 Å². The van der Waals surface area contributed by atoms with Crippen molar-refractivity contribution in [3.05, 3.63) is 0 Å². The van der Waals surface area contributed by atoms with E-state index in [0.29, 0.717) is 24.7 Å². The molecule has 68 valence electrons. The molecule has 0 aromatic carbocycles. The second kappa shape index (κ2) is 3.89. The van der Waals surface area contributed by atoms with Gasteiger partial charge in [0.1, 0.15) is 6.04 Å². The molecular weight excluding hydrogens is 224 g/mol. The third kappa shape index (κ3) is 1.77. The molecule has 1 rings (SSSR count). The van der Waals surface area contributed by atoms with Crippen molar-refractivity contribution in [2.75, 3.05) is 11.9 Å². The van der Waals surface area contributed by atoms with Crippen molar-refractivity contribution < 1.29 is 9.59 Å². The molecule has 2 amide bonds. The van der Waals surface area contributed by atoms with Crippen LogP contribution in [0.3, 0.4) is 0 Å². The molecule has 0 saturated carbocycles. The van der Waals surface area contributed by atoms with Crippen LogP contribution < -0.4 is 5.73 Å². The van der Waals surface area contributed by atoms with Crippen molar-refractivity contribution in [2.24, 2.45) is 5.73 Å². The van der Waals surface area contributed by atoms with Crippen LogP contribution >= 0.6 is 15.9 Å². The molecule has 1 aliphatic heterocycles. The van der Waals surface area contributed by atoms with Crippen LogP contribution in [0.4, 0.5) is 0 Å². The van der Waals surface area contributed by atoms with Crippen LogP contribution in [0.25, 0.3) is 0 Å². The minimum atomic E-state index is -0.399. The second-order valence-electron chi connectivity index (χ2n) is 2.73. The van der Waals surface area contributed by atoms with Crippen LogP contribution in [0, 0.1) is 0 Å². The van der Waals surface area contributed by atoms with E-state index in [0.717, 1.165) is 0 Å². The third-order valence-corrected chi connectivity index (χ3v) is 2.37. The zero-order chi connectivity index (χ0) is 9.14. The van der Waals surface area contributed by atoms with Crippen LogP contribution in [0.5, 0.6) is 0 Å². The summed E-state index contributed by atoms with van der Waals surface area (Å²) >= 11 is 3.16. The highest BCUT2D eigenvalue weighted by Gasteiger charge is 2.35. The van der Waals surface area contributed by atoms with Gasteiger partial charge in [-0.2, -0.15) is 0 Å². The number of likely N-dealkylation sites (tertiary alicyclic amines) is 1. The molecule has 2 N–H and O–H groups in total. The van der Waals surface area contributed by atoms with Gasteiger partial charge in [-0.15, -0.1) is 0 Å². The fourth-order valence-electron chi connectivity index (χ4n) is 1.21. The van der Waals surface area contributed by atoms with Gasteiger partial charge in [-0.05, 0) is 6.42 Å². The minimum Gasteiger partial charge on any atom is -0.368 e. The molecule has 1 saturated heterocycles. The Morgan fingerprint density at radius 2 is 2.25 bits per heavy atom. The van der Waals surface area contributed by atoms with Crippen molar-refractivity contribution >= 4 is 27.7 Å². The van der Waals surface area contributed by atoms with Gasteiger partial charge in [0.25, 0.3) is 0 Å². The zero-order valence-corrected chi connectivity index (χ0v) is 8.21. The molecule has 12 heavy (non-hydrogen) atoms. The third-order valence-electron chi connectivity index (χ3n) is 1.98. The van der Waals surface area contributed by atoms with Gasteiger partial charge >= 0.3 is 0 Å². The normalized spacial score (nSPS) is 21.8. The minimum absolute atomic E-state index is 0.00178. The number of alkyl halides is 1. The summed E-state index contributed by atoms with van der Waals surface area (Å²) in [5.41, 5.74) is 5.08. The first-order valence-corrected chi connectivity index (χ1v) is 4.93. The Morgan fingerprint density at radius 1 is 1.58 bits per heavy atom. The molecule has 0 aromatic rings.